The minimum absolute atomic E-state index is 0.351. The Kier molecular flexibility index (Phi) is 4.96. The number of carbonyl (C=O) groups is 2. The molecule has 24 heavy (non-hydrogen) atoms. The highest BCUT2D eigenvalue weighted by Gasteiger charge is 2.32. The third kappa shape index (κ3) is 3.19. The first-order valence-electron chi connectivity index (χ1n) is 8.32. The van der Waals surface area contributed by atoms with E-state index in [1.165, 1.54) is 0 Å². The van der Waals surface area contributed by atoms with Gasteiger partial charge >= 0.3 is 0 Å². The number of fused-ring (bicyclic) bond motifs is 1. The van der Waals surface area contributed by atoms with Crippen LogP contribution >= 0.6 is 0 Å². The minimum atomic E-state index is -0.359. The van der Waals surface area contributed by atoms with Crippen molar-refractivity contribution in [3.05, 3.63) is 41.7 Å². The van der Waals surface area contributed by atoms with Crippen LogP contribution in [-0.2, 0) is 9.59 Å². The monoisotopic (exact) mass is 326 g/mol. The normalized spacial score (nSPS) is 14.5. The predicted molar refractivity (Wildman–Crippen MR) is 93.9 cm³/mol. The number of benzene rings is 1. The highest BCUT2D eigenvalue weighted by atomic mass is 16.2. The maximum Gasteiger partial charge on any atom is 0.275 e. The number of aromatic amines is 1. The number of nitrogens with one attached hydrogen (secondary N) is 3. The van der Waals surface area contributed by atoms with Crippen LogP contribution in [0.15, 0.2) is 36.2 Å². The van der Waals surface area contributed by atoms with Crippen molar-refractivity contribution in [2.24, 2.45) is 5.73 Å². The highest BCUT2D eigenvalue weighted by molar-refractivity contribution is 6.37. The fourth-order valence-corrected chi connectivity index (χ4v) is 3.00. The minimum Gasteiger partial charge on any atom is -0.380 e. The summed E-state index contributed by atoms with van der Waals surface area (Å²) in [5.41, 5.74) is 7.95. The molecular formula is C18H22N4O2. The van der Waals surface area contributed by atoms with E-state index in [2.05, 4.69) is 15.6 Å². The molecule has 0 atom stereocenters. The van der Waals surface area contributed by atoms with Crippen LogP contribution in [-0.4, -0.2) is 29.9 Å². The fraction of sp³-hybridized carbons (Fsp3) is 0.333. The zero-order valence-corrected chi connectivity index (χ0v) is 13.5. The molecule has 1 aliphatic heterocycles. The molecule has 5 N–H and O–H groups in total. The smallest absolute Gasteiger partial charge is 0.275 e. The quantitative estimate of drug-likeness (QED) is 0.438. The van der Waals surface area contributed by atoms with Crippen molar-refractivity contribution in [3.8, 4) is 0 Å². The molecule has 0 fully saturated rings. The molecule has 2 aromatic rings. The molecule has 0 saturated carbocycles. The molecule has 0 radical (unpaired) electrons. The van der Waals surface area contributed by atoms with Crippen LogP contribution in [0, 0.1) is 0 Å². The van der Waals surface area contributed by atoms with Gasteiger partial charge in [-0.1, -0.05) is 31.0 Å². The number of unbranched alkanes of at least 4 members (excludes halogenated alkanes) is 3. The van der Waals surface area contributed by atoms with E-state index in [0.29, 0.717) is 24.4 Å². The van der Waals surface area contributed by atoms with Gasteiger partial charge in [-0.3, -0.25) is 14.9 Å². The van der Waals surface area contributed by atoms with Crippen molar-refractivity contribution in [1.29, 1.82) is 0 Å². The lowest BCUT2D eigenvalue weighted by molar-refractivity contribution is -0.123. The second-order valence-corrected chi connectivity index (χ2v) is 5.91. The van der Waals surface area contributed by atoms with E-state index >= 15 is 0 Å². The summed E-state index contributed by atoms with van der Waals surface area (Å²) in [6, 6.07) is 7.73. The largest absolute Gasteiger partial charge is 0.380 e. The number of hydrogen-bond donors (Lipinski definition) is 4. The number of imide groups is 1. The molecule has 0 saturated heterocycles. The highest BCUT2D eigenvalue weighted by Crippen LogP contribution is 2.29. The Morgan fingerprint density at radius 1 is 1.00 bits per heavy atom. The van der Waals surface area contributed by atoms with Crippen LogP contribution in [0.5, 0.6) is 0 Å². The van der Waals surface area contributed by atoms with Crippen molar-refractivity contribution >= 4 is 28.3 Å². The van der Waals surface area contributed by atoms with E-state index < -0.39 is 0 Å². The van der Waals surface area contributed by atoms with E-state index in [1.54, 1.807) is 6.20 Å². The first kappa shape index (κ1) is 16.3. The molecule has 0 spiro atoms. The molecule has 0 aliphatic carbocycles. The maximum absolute atomic E-state index is 12.3. The van der Waals surface area contributed by atoms with Gasteiger partial charge < -0.3 is 16.0 Å². The lowest BCUT2D eigenvalue weighted by Crippen LogP contribution is -2.27. The third-order valence-electron chi connectivity index (χ3n) is 4.22. The van der Waals surface area contributed by atoms with Crippen molar-refractivity contribution < 1.29 is 9.59 Å². The van der Waals surface area contributed by atoms with Gasteiger partial charge in [0, 0.05) is 29.2 Å². The maximum atomic E-state index is 12.3. The van der Waals surface area contributed by atoms with E-state index in [4.69, 9.17) is 5.73 Å². The van der Waals surface area contributed by atoms with E-state index in [9.17, 15) is 9.59 Å². The molecule has 2 heterocycles. The summed E-state index contributed by atoms with van der Waals surface area (Å²) in [7, 11) is 0. The van der Waals surface area contributed by atoms with Crippen LogP contribution < -0.4 is 16.4 Å². The number of amides is 2. The predicted octanol–water partition coefficient (Wildman–Crippen LogP) is 1.64. The van der Waals surface area contributed by atoms with Crippen molar-refractivity contribution in [1.82, 2.24) is 15.6 Å². The summed E-state index contributed by atoms with van der Waals surface area (Å²) in [4.78, 5) is 27.5. The van der Waals surface area contributed by atoms with Gasteiger partial charge in [0.2, 0.25) is 0 Å². The van der Waals surface area contributed by atoms with Gasteiger partial charge in [-0.25, -0.2) is 0 Å². The third-order valence-corrected chi connectivity index (χ3v) is 4.22. The standard InChI is InChI=1S/C18H22N4O2/c19-9-5-1-2-6-10-20-16-15(17(23)22-18(16)24)13-11-21-14-8-4-3-7-12(13)14/h3-4,7-8,11,21H,1-2,5-6,9-10,19H2,(H2,20,22,23,24). The van der Waals surface area contributed by atoms with Gasteiger partial charge in [0.25, 0.3) is 11.8 Å². The summed E-state index contributed by atoms with van der Waals surface area (Å²) < 4.78 is 0. The molecule has 0 unspecified atom stereocenters. The lowest BCUT2D eigenvalue weighted by Gasteiger charge is -2.07. The topological polar surface area (TPSA) is 100 Å². The molecule has 0 bridgehead atoms. The van der Waals surface area contributed by atoms with Crippen LogP contribution in [0.3, 0.4) is 0 Å². The zero-order chi connectivity index (χ0) is 16.9. The molecule has 1 aromatic carbocycles. The second-order valence-electron chi connectivity index (χ2n) is 5.91. The molecular weight excluding hydrogens is 304 g/mol. The van der Waals surface area contributed by atoms with Gasteiger partial charge in [-0.15, -0.1) is 0 Å². The Hall–Kier alpha value is -2.60. The van der Waals surface area contributed by atoms with E-state index in [1.807, 2.05) is 24.3 Å². The van der Waals surface area contributed by atoms with Crippen molar-refractivity contribution in [2.45, 2.75) is 25.7 Å². The summed E-state index contributed by atoms with van der Waals surface area (Å²) in [5.74, 6) is -0.711. The SMILES string of the molecule is NCCCCCCNC1=C(c2c[nH]c3ccccc23)C(=O)NC1=O. The first-order chi connectivity index (χ1) is 11.7. The van der Waals surface area contributed by atoms with Gasteiger partial charge in [-0.05, 0) is 25.5 Å². The average molecular weight is 326 g/mol. The molecule has 126 valence electrons. The van der Waals surface area contributed by atoms with Crippen LogP contribution in [0.1, 0.15) is 31.2 Å². The van der Waals surface area contributed by atoms with Gasteiger partial charge in [0.1, 0.15) is 5.70 Å². The fourth-order valence-electron chi connectivity index (χ4n) is 3.00. The van der Waals surface area contributed by atoms with Crippen molar-refractivity contribution in [3.63, 3.8) is 0 Å². The number of para-hydroxylation sites is 1. The molecule has 2 amide bonds. The van der Waals surface area contributed by atoms with E-state index in [0.717, 1.165) is 42.1 Å². The zero-order valence-electron chi connectivity index (χ0n) is 13.5. The Morgan fingerprint density at radius 3 is 2.62 bits per heavy atom. The Labute approximate surface area is 140 Å². The summed E-state index contributed by atoms with van der Waals surface area (Å²) >= 11 is 0. The summed E-state index contributed by atoms with van der Waals surface area (Å²) in [5, 5.41) is 6.46. The summed E-state index contributed by atoms with van der Waals surface area (Å²) in [6.07, 6.45) is 5.86. The number of H-pyrrole nitrogens is 1. The second kappa shape index (κ2) is 7.31. The average Bonchev–Trinajstić information content (AvgIpc) is 3.11. The Bertz CT molecular complexity index is 791. The molecule has 1 aromatic heterocycles. The Balaban J connectivity index is 1.80. The van der Waals surface area contributed by atoms with Crippen LogP contribution in [0.4, 0.5) is 0 Å². The van der Waals surface area contributed by atoms with Gasteiger partial charge in [-0.2, -0.15) is 0 Å². The molecule has 6 heteroatoms. The first-order valence-corrected chi connectivity index (χ1v) is 8.32. The number of carbonyl (C=O) groups excluding carboxylic acids is 2. The number of hydrogen-bond acceptors (Lipinski definition) is 4. The molecule has 1 aliphatic rings. The Morgan fingerprint density at radius 2 is 1.79 bits per heavy atom. The number of nitrogens with two attached hydrogens (primary N) is 1. The van der Waals surface area contributed by atoms with Crippen molar-refractivity contribution in [2.75, 3.05) is 13.1 Å². The summed E-state index contributed by atoms with van der Waals surface area (Å²) in [6.45, 7) is 1.37. The lowest BCUT2D eigenvalue weighted by atomic mass is 10.0. The van der Waals surface area contributed by atoms with Gasteiger partial charge in [0.05, 0.1) is 5.57 Å². The van der Waals surface area contributed by atoms with Gasteiger partial charge in [0.15, 0.2) is 0 Å². The van der Waals surface area contributed by atoms with Crippen LogP contribution in [0.25, 0.3) is 16.5 Å². The molecule has 6 nitrogen and oxygen atoms in total. The van der Waals surface area contributed by atoms with E-state index in [-0.39, 0.29) is 11.8 Å². The number of aromatic nitrogens is 1. The molecule has 3 rings (SSSR count). The number of rotatable bonds is 8. The van der Waals surface area contributed by atoms with Crippen LogP contribution in [0.2, 0.25) is 0 Å².